The van der Waals surface area contributed by atoms with E-state index in [1.165, 1.54) is 6.92 Å². The molecule has 0 saturated carbocycles. The summed E-state index contributed by atoms with van der Waals surface area (Å²) in [7, 11) is 0. The number of nitrogens with zero attached hydrogens (tertiary/aromatic N) is 2. The Hall–Kier alpha value is -2.25. The van der Waals surface area contributed by atoms with Crippen LogP contribution in [0.25, 0.3) is 0 Å². The molecular formula is C13H17N3O5. The van der Waals surface area contributed by atoms with Crippen molar-refractivity contribution in [1.82, 2.24) is 15.1 Å². The third kappa shape index (κ3) is 1.52. The number of fused-ring (bicyclic) bond motifs is 1. The average molecular weight is 295 g/mol. The SMILES string of the molecule is CCC1(CC)C(=O)N(C(C)=O)C2(C)C(=O)NC(=O)N2C1=O. The Labute approximate surface area is 121 Å². The van der Waals surface area contributed by atoms with E-state index in [1.54, 1.807) is 13.8 Å². The van der Waals surface area contributed by atoms with Crippen LogP contribution in [-0.4, -0.2) is 45.1 Å². The van der Waals surface area contributed by atoms with Crippen molar-refractivity contribution >= 4 is 29.7 Å². The van der Waals surface area contributed by atoms with Gasteiger partial charge >= 0.3 is 6.03 Å². The fourth-order valence-electron chi connectivity index (χ4n) is 3.08. The second kappa shape index (κ2) is 4.37. The fraction of sp³-hybridized carbons (Fsp3) is 0.615. The van der Waals surface area contributed by atoms with Crippen molar-refractivity contribution in [1.29, 1.82) is 0 Å². The molecule has 6 amide bonds. The highest BCUT2D eigenvalue weighted by Gasteiger charge is 2.68. The molecule has 0 radical (unpaired) electrons. The molecule has 2 saturated heterocycles. The molecule has 1 unspecified atom stereocenters. The second-order valence-electron chi connectivity index (χ2n) is 5.37. The van der Waals surface area contributed by atoms with Gasteiger partial charge in [-0.25, -0.2) is 14.6 Å². The Bertz CT molecular complexity index is 580. The lowest BCUT2D eigenvalue weighted by molar-refractivity contribution is -0.185. The number of rotatable bonds is 2. The molecule has 0 aromatic carbocycles. The maximum Gasteiger partial charge on any atom is 0.333 e. The van der Waals surface area contributed by atoms with E-state index in [9.17, 15) is 24.0 Å². The number of carbonyl (C=O) groups is 5. The van der Waals surface area contributed by atoms with Gasteiger partial charge in [0.15, 0.2) is 0 Å². The van der Waals surface area contributed by atoms with E-state index in [-0.39, 0.29) is 12.8 Å². The van der Waals surface area contributed by atoms with E-state index in [0.29, 0.717) is 4.90 Å². The standard InChI is InChI=1S/C13H17N3O5/c1-5-13(6-2)9(19)15(7(3)17)12(4)8(18)14-11(21)16(12)10(13)20/h5-6H2,1-4H3,(H,14,18,21). The number of hydrogen-bond donors (Lipinski definition) is 1. The number of amides is 6. The van der Waals surface area contributed by atoms with Gasteiger partial charge in [0.05, 0.1) is 0 Å². The summed E-state index contributed by atoms with van der Waals surface area (Å²) < 4.78 is 0. The normalized spacial score (nSPS) is 27.8. The van der Waals surface area contributed by atoms with Gasteiger partial charge < -0.3 is 0 Å². The minimum Gasteiger partial charge on any atom is -0.275 e. The lowest BCUT2D eigenvalue weighted by Gasteiger charge is -2.49. The van der Waals surface area contributed by atoms with Gasteiger partial charge in [-0.2, -0.15) is 0 Å². The summed E-state index contributed by atoms with van der Waals surface area (Å²) in [6, 6.07) is -0.905. The van der Waals surface area contributed by atoms with E-state index in [1.807, 2.05) is 5.32 Å². The predicted molar refractivity (Wildman–Crippen MR) is 69.3 cm³/mol. The second-order valence-corrected chi connectivity index (χ2v) is 5.37. The molecule has 114 valence electrons. The zero-order chi connectivity index (χ0) is 16.2. The van der Waals surface area contributed by atoms with Gasteiger partial charge in [-0.15, -0.1) is 0 Å². The first-order valence-electron chi connectivity index (χ1n) is 6.73. The van der Waals surface area contributed by atoms with Crippen LogP contribution in [0.4, 0.5) is 4.79 Å². The van der Waals surface area contributed by atoms with Crippen molar-refractivity contribution in [2.75, 3.05) is 0 Å². The molecule has 8 heteroatoms. The Kier molecular flexibility index (Phi) is 3.15. The molecule has 1 N–H and O–H groups in total. The average Bonchev–Trinajstić information content (AvgIpc) is 2.61. The molecule has 2 heterocycles. The first-order valence-corrected chi connectivity index (χ1v) is 6.73. The van der Waals surface area contributed by atoms with E-state index in [4.69, 9.17) is 0 Å². The minimum atomic E-state index is -1.93. The summed E-state index contributed by atoms with van der Waals surface area (Å²) >= 11 is 0. The van der Waals surface area contributed by atoms with Crippen LogP contribution in [0.5, 0.6) is 0 Å². The largest absolute Gasteiger partial charge is 0.333 e. The Morgan fingerprint density at radius 3 is 2.05 bits per heavy atom. The number of imide groups is 3. The molecule has 0 aromatic heterocycles. The van der Waals surface area contributed by atoms with Gasteiger partial charge in [-0.05, 0) is 19.8 Å². The van der Waals surface area contributed by atoms with Crippen LogP contribution in [0.2, 0.25) is 0 Å². The third-order valence-electron chi connectivity index (χ3n) is 4.47. The lowest BCUT2D eigenvalue weighted by atomic mass is 9.76. The molecule has 0 aliphatic carbocycles. The quantitative estimate of drug-likeness (QED) is 0.569. The van der Waals surface area contributed by atoms with Gasteiger partial charge in [0.25, 0.3) is 5.91 Å². The highest BCUT2D eigenvalue weighted by atomic mass is 16.2. The van der Waals surface area contributed by atoms with Crippen molar-refractivity contribution in [2.45, 2.75) is 46.2 Å². The fourth-order valence-corrected chi connectivity index (χ4v) is 3.08. The van der Waals surface area contributed by atoms with Crippen molar-refractivity contribution in [3.05, 3.63) is 0 Å². The van der Waals surface area contributed by atoms with E-state index in [0.717, 1.165) is 11.8 Å². The van der Waals surface area contributed by atoms with Crippen LogP contribution in [0.3, 0.4) is 0 Å². The van der Waals surface area contributed by atoms with Crippen LogP contribution in [0, 0.1) is 5.41 Å². The molecule has 2 aliphatic heterocycles. The maximum absolute atomic E-state index is 12.7. The predicted octanol–water partition coefficient (Wildman–Crippen LogP) is -0.0239. The zero-order valence-electron chi connectivity index (χ0n) is 12.3. The molecule has 2 rings (SSSR count). The minimum absolute atomic E-state index is 0.138. The van der Waals surface area contributed by atoms with Gasteiger partial charge in [0.2, 0.25) is 23.4 Å². The molecule has 0 aromatic rings. The van der Waals surface area contributed by atoms with Gasteiger partial charge in [0.1, 0.15) is 5.41 Å². The van der Waals surface area contributed by atoms with E-state index in [2.05, 4.69) is 0 Å². The number of hydrogen-bond acceptors (Lipinski definition) is 5. The topological polar surface area (TPSA) is 104 Å². The maximum atomic E-state index is 12.7. The first-order chi connectivity index (χ1) is 9.68. The highest BCUT2D eigenvalue weighted by Crippen LogP contribution is 2.43. The Balaban J connectivity index is 2.74. The summed E-state index contributed by atoms with van der Waals surface area (Å²) in [5, 5.41) is 2.00. The van der Waals surface area contributed by atoms with Crippen LogP contribution >= 0.6 is 0 Å². The molecule has 8 nitrogen and oxygen atoms in total. The van der Waals surface area contributed by atoms with Crippen LogP contribution in [0.15, 0.2) is 0 Å². The van der Waals surface area contributed by atoms with Gasteiger partial charge in [-0.3, -0.25) is 24.5 Å². The highest BCUT2D eigenvalue weighted by molar-refractivity contribution is 6.25. The summed E-state index contributed by atoms with van der Waals surface area (Å²) in [6.07, 6.45) is 0.276. The summed E-state index contributed by atoms with van der Waals surface area (Å²) in [5.41, 5.74) is -3.42. The summed E-state index contributed by atoms with van der Waals surface area (Å²) in [4.78, 5) is 62.8. The lowest BCUT2D eigenvalue weighted by Crippen LogP contribution is -2.74. The van der Waals surface area contributed by atoms with Crippen molar-refractivity contribution in [2.24, 2.45) is 5.41 Å². The van der Waals surface area contributed by atoms with Crippen molar-refractivity contribution in [3.63, 3.8) is 0 Å². The molecule has 1 atom stereocenters. The number of carbonyl (C=O) groups excluding carboxylic acids is 5. The molecular weight excluding hydrogens is 278 g/mol. The third-order valence-corrected chi connectivity index (χ3v) is 4.47. The Morgan fingerprint density at radius 1 is 1.10 bits per heavy atom. The molecule has 2 aliphatic rings. The monoisotopic (exact) mass is 295 g/mol. The van der Waals surface area contributed by atoms with Gasteiger partial charge in [-0.1, -0.05) is 13.8 Å². The molecule has 0 bridgehead atoms. The summed E-state index contributed by atoms with van der Waals surface area (Å²) in [5.74, 6) is -3.00. The number of nitrogens with one attached hydrogen (secondary N) is 1. The summed E-state index contributed by atoms with van der Waals surface area (Å²) in [6.45, 7) is 5.62. The smallest absolute Gasteiger partial charge is 0.275 e. The van der Waals surface area contributed by atoms with E-state index < -0.39 is 40.7 Å². The van der Waals surface area contributed by atoms with Crippen molar-refractivity contribution in [3.8, 4) is 0 Å². The van der Waals surface area contributed by atoms with Gasteiger partial charge in [0, 0.05) is 6.92 Å². The van der Waals surface area contributed by atoms with Crippen molar-refractivity contribution < 1.29 is 24.0 Å². The van der Waals surface area contributed by atoms with Crippen LogP contribution in [0.1, 0.15) is 40.5 Å². The van der Waals surface area contributed by atoms with Crippen LogP contribution in [-0.2, 0) is 19.2 Å². The van der Waals surface area contributed by atoms with Crippen LogP contribution < -0.4 is 5.32 Å². The Morgan fingerprint density at radius 2 is 1.62 bits per heavy atom. The molecule has 2 fully saturated rings. The zero-order valence-corrected chi connectivity index (χ0v) is 12.3. The first kappa shape index (κ1) is 15.1. The molecule has 21 heavy (non-hydrogen) atoms. The van der Waals surface area contributed by atoms with E-state index >= 15 is 0 Å². The molecule has 0 spiro atoms. The number of urea groups is 1.